The maximum Gasteiger partial charge on any atom is 0.243 e. The van der Waals surface area contributed by atoms with Crippen LogP contribution < -0.4 is 10.1 Å². The summed E-state index contributed by atoms with van der Waals surface area (Å²) >= 11 is 0. The van der Waals surface area contributed by atoms with Crippen LogP contribution in [0.15, 0.2) is 59.5 Å². The van der Waals surface area contributed by atoms with Crippen molar-refractivity contribution in [1.29, 1.82) is 0 Å². The molecule has 2 aromatic carbocycles. The van der Waals surface area contributed by atoms with Gasteiger partial charge in [0.15, 0.2) is 0 Å². The average molecular weight is 362 g/mol. The van der Waals surface area contributed by atoms with Crippen molar-refractivity contribution < 1.29 is 17.9 Å². The molecule has 0 fully saturated rings. The number of hydrogen-bond donors (Lipinski definition) is 1. The molecular weight excluding hydrogens is 340 g/mol. The minimum Gasteiger partial charge on any atom is -0.496 e. The predicted octanol–water partition coefficient (Wildman–Crippen LogP) is 2.02. The van der Waals surface area contributed by atoms with Crippen molar-refractivity contribution in [3.05, 3.63) is 60.2 Å². The maximum atomic E-state index is 12.6. The second-order valence-electron chi connectivity index (χ2n) is 5.33. The van der Waals surface area contributed by atoms with Gasteiger partial charge in [-0.3, -0.25) is 4.79 Å². The maximum absolute atomic E-state index is 12.6. The molecule has 0 atom stereocenters. The van der Waals surface area contributed by atoms with Crippen molar-refractivity contribution in [3.63, 3.8) is 0 Å². The number of ether oxygens (including phenoxy) is 1. The Morgan fingerprint density at radius 1 is 1.08 bits per heavy atom. The number of amides is 1. The van der Waals surface area contributed by atoms with Gasteiger partial charge in [0.05, 0.1) is 18.6 Å². The Hall–Kier alpha value is -2.38. The largest absolute Gasteiger partial charge is 0.496 e. The standard InChI is InChI=1S/C18H22N2O4S/c1-3-20(25(22,23)16-10-5-4-6-11-16)14-18(21)19-13-15-9-7-8-12-17(15)24-2/h4-12H,3,13-14H2,1-2H3,(H,19,21). The summed E-state index contributed by atoms with van der Waals surface area (Å²) < 4.78 is 31.6. The number of nitrogens with zero attached hydrogens (tertiary/aromatic N) is 1. The first-order valence-corrected chi connectivity index (χ1v) is 9.36. The molecule has 0 bridgehead atoms. The second-order valence-corrected chi connectivity index (χ2v) is 7.27. The molecule has 2 rings (SSSR count). The number of hydrogen-bond acceptors (Lipinski definition) is 4. The number of likely N-dealkylation sites (N-methyl/N-ethyl adjacent to an activating group) is 1. The summed E-state index contributed by atoms with van der Waals surface area (Å²) in [6, 6.07) is 15.4. The summed E-state index contributed by atoms with van der Waals surface area (Å²) in [4.78, 5) is 12.4. The van der Waals surface area contributed by atoms with E-state index in [1.165, 1.54) is 12.1 Å². The fraction of sp³-hybridized carbons (Fsp3) is 0.278. The third kappa shape index (κ3) is 4.80. The number of carbonyl (C=O) groups excluding carboxylic acids is 1. The van der Waals surface area contributed by atoms with E-state index >= 15 is 0 Å². The van der Waals surface area contributed by atoms with Gasteiger partial charge in [0.2, 0.25) is 15.9 Å². The summed E-state index contributed by atoms with van der Waals surface area (Å²) in [6.07, 6.45) is 0. The molecule has 7 heteroatoms. The van der Waals surface area contributed by atoms with Crippen LogP contribution in [0.2, 0.25) is 0 Å². The first-order valence-electron chi connectivity index (χ1n) is 7.92. The van der Waals surface area contributed by atoms with Crippen molar-refractivity contribution in [3.8, 4) is 5.75 Å². The van der Waals surface area contributed by atoms with E-state index in [0.717, 1.165) is 9.87 Å². The van der Waals surface area contributed by atoms with Gasteiger partial charge >= 0.3 is 0 Å². The predicted molar refractivity (Wildman–Crippen MR) is 95.7 cm³/mol. The van der Waals surface area contributed by atoms with E-state index < -0.39 is 10.0 Å². The lowest BCUT2D eigenvalue weighted by atomic mass is 10.2. The Kier molecular flexibility index (Phi) is 6.55. The number of methoxy groups -OCH3 is 1. The fourth-order valence-corrected chi connectivity index (χ4v) is 3.79. The third-order valence-corrected chi connectivity index (χ3v) is 5.66. The van der Waals surface area contributed by atoms with Crippen LogP contribution in [0.5, 0.6) is 5.75 Å². The molecule has 0 aliphatic heterocycles. The number of benzene rings is 2. The SMILES string of the molecule is CCN(CC(=O)NCc1ccccc1OC)S(=O)(=O)c1ccccc1. The molecule has 0 aliphatic rings. The molecule has 0 heterocycles. The summed E-state index contributed by atoms with van der Waals surface area (Å²) in [5.41, 5.74) is 0.826. The van der Waals surface area contributed by atoms with Gasteiger partial charge in [-0.15, -0.1) is 0 Å². The molecule has 134 valence electrons. The number of para-hydroxylation sites is 1. The first-order chi connectivity index (χ1) is 12.0. The second kappa shape index (κ2) is 8.64. The van der Waals surface area contributed by atoms with Crippen LogP contribution in [-0.2, 0) is 21.4 Å². The molecule has 1 amide bonds. The molecule has 0 spiro atoms. The Labute approximate surface area is 148 Å². The molecule has 25 heavy (non-hydrogen) atoms. The summed E-state index contributed by atoms with van der Waals surface area (Å²) in [5.74, 6) is 0.305. The van der Waals surface area contributed by atoms with E-state index in [4.69, 9.17) is 4.74 Å². The van der Waals surface area contributed by atoms with Gasteiger partial charge in [0.25, 0.3) is 0 Å². The van der Waals surface area contributed by atoms with Gasteiger partial charge in [-0.25, -0.2) is 8.42 Å². The van der Waals surface area contributed by atoms with Crippen molar-refractivity contribution in [2.24, 2.45) is 0 Å². The molecular formula is C18H22N2O4S. The highest BCUT2D eigenvalue weighted by Crippen LogP contribution is 2.17. The molecule has 0 radical (unpaired) electrons. The van der Waals surface area contributed by atoms with E-state index in [9.17, 15) is 13.2 Å². The Balaban J connectivity index is 2.03. The molecule has 0 saturated heterocycles. The quantitative estimate of drug-likeness (QED) is 0.780. The van der Waals surface area contributed by atoms with Crippen molar-refractivity contribution >= 4 is 15.9 Å². The average Bonchev–Trinajstić information content (AvgIpc) is 2.65. The zero-order valence-corrected chi connectivity index (χ0v) is 15.1. The zero-order valence-electron chi connectivity index (χ0n) is 14.3. The van der Waals surface area contributed by atoms with Crippen LogP contribution in [0, 0.1) is 0 Å². The summed E-state index contributed by atoms with van der Waals surface area (Å²) in [7, 11) is -2.13. The van der Waals surface area contributed by atoms with Gasteiger partial charge in [0.1, 0.15) is 5.75 Å². The van der Waals surface area contributed by atoms with Gasteiger partial charge in [-0.1, -0.05) is 43.3 Å². The van der Waals surface area contributed by atoms with E-state index in [1.54, 1.807) is 38.3 Å². The van der Waals surface area contributed by atoms with Crippen molar-refractivity contribution in [2.45, 2.75) is 18.4 Å². The molecule has 0 aromatic heterocycles. The van der Waals surface area contributed by atoms with Crippen LogP contribution in [-0.4, -0.2) is 38.8 Å². The first kappa shape index (κ1) is 19.0. The fourth-order valence-electron chi connectivity index (χ4n) is 2.37. The Morgan fingerprint density at radius 2 is 1.72 bits per heavy atom. The highest BCUT2D eigenvalue weighted by molar-refractivity contribution is 7.89. The molecule has 0 aliphatic carbocycles. The minimum absolute atomic E-state index is 0.175. The lowest BCUT2D eigenvalue weighted by Crippen LogP contribution is -2.40. The van der Waals surface area contributed by atoms with Crippen LogP contribution in [0.3, 0.4) is 0 Å². The van der Waals surface area contributed by atoms with E-state index in [1.807, 2.05) is 18.2 Å². The van der Waals surface area contributed by atoms with Crippen molar-refractivity contribution in [2.75, 3.05) is 20.2 Å². The lowest BCUT2D eigenvalue weighted by molar-refractivity contribution is -0.121. The molecule has 1 N–H and O–H groups in total. The van der Waals surface area contributed by atoms with Crippen LogP contribution >= 0.6 is 0 Å². The monoisotopic (exact) mass is 362 g/mol. The molecule has 2 aromatic rings. The van der Waals surface area contributed by atoms with E-state index in [-0.39, 0.29) is 30.4 Å². The highest BCUT2D eigenvalue weighted by Gasteiger charge is 2.24. The van der Waals surface area contributed by atoms with Crippen LogP contribution in [0.25, 0.3) is 0 Å². The number of rotatable bonds is 8. The van der Waals surface area contributed by atoms with E-state index in [2.05, 4.69) is 5.32 Å². The minimum atomic E-state index is -3.69. The van der Waals surface area contributed by atoms with Gasteiger partial charge in [-0.05, 0) is 18.2 Å². The Morgan fingerprint density at radius 3 is 2.36 bits per heavy atom. The zero-order chi connectivity index (χ0) is 18.3. The topological polar surface area (TPSA) is 75.7 Å². The van der Waals surface area contributed by atoms with E-state index in [0.29, 0.717) is 5.75 Å². The molecule has 0 saturated carbocycles. The van der Waals surface area contributed by atoms with Gasteiger partial charge in [-0.2, -0.15) is 4.31 Å². The van der Waals surface area contributed by atoms with Gasteiger partial charge in [0, 0.05) is 18.7 Å². The summed E-state index contributed by atoms with van der Waals surface area (Å²) in [6.45, 7) is 1.95. The number of nitrogens with one attached hydrogen (secondary N) is 1. The molecule has 0 unspecified atom stereocenters. The Bertz CT molecular complexity index is 807. The van der Waals surface area contributed by atoms with Crippen LogP contribution in [0.1, 0.15) is 12.5 Å². The van der Waals surface area contributed by atoms with Crippen molar-refractivity contribution in [1.82, 2.24) is 9.62 Å². The third-order valence-electron chi connectivity index (χ3n) is 3.72. The summed E-state index contributed by atoms with van der Waals surface area (Å²) in [5, 5.41) is 2.74. The molecule has 6 nitrogen and oxygen atoms in total. The van der Waals surface area contributed by atoms with Crippen LogP contribution in [0.4, 0.5) is 0 Å². The van der Waals surface area contributed by atoms with Gasteiger partial charge < -0.3 is 10.1 Å². The smallest absolute Gasteiger partial charge is 0.243 e. The highest BCUT2D eigenvalue weighted by atomic mass is 32.2. The lowest BCUT2D eigenvalue weighted by Gasteiger charge is -2.20. The number of sulfonamides is 1. The number of carbonyl (C=O) groups is 1. The normalized spacial score (nSPS) is 11.3.